The number of carbonyl (C=O) groups excluding carboxylic acids is 2. The van der Waals surface area contributed by atoms with E-state index >= 15 is 0 Å². The zero-order chi connectivity index (χ0) is 22.2. The summed E-state index contributed by atoms with van der Waals surface area (Å²) in [6, 6.07) is 12.6. The number of fused-ring (bicyclic) bond motifs is 1. The molecule has 3 rings (SSSR count). The number of amides is 1. The fraction of sp³-hybridized carbons (Fsp3) is 0.261. The number of esters is 1. The van der Waals surface area contributed by atoms with Crippen molar-refractivity contribution in [1.29, 1.82) is 0 Å². The maximum absolute atomic E-state index is 12.5. The number of halogens is 1. The third-order valence-electron chi connectivity index (χ3n) is 4.37. The van der Waals surface area contributed by atoms with E-state index in [0.717, 1.165) is 15.8 Å². The summed E-state index contributed by atoms with van der Waals surface area (Å²) in [4.78, 5) is 29.4. The summed E-state index contributed by atoms with van der Waals surface area (Å²) in [5.41, 5.74) is 2.08. The molecule has 1 amide bonds. The molecule has 0 spiro atoms. The van der Waals surface area contributed by atoms with Crippen molar-refractivity contribution in [3.8, 4) is 0 Å². The third-order valence-corrected chi connectivity index (χ3v) is 5.76. The van der Waals surface area contributed by atoms with Gasteiger partial charge in [0.2, 0.25) is 0 Å². The van der Waals surface area contributed by atoms with Crippen LogP contribution in [0.1, 0.15) is 29.8 Å². The van der Waals surface area contributed by atoms with E-state index in [9.17, 15) is 9.59 Å². The third kappa shape index (κ3) is 5.91. The van der Waals surface area contributed by atoms with Gasteiger partial charge in [0.05, 0.1) is 29.0 Å². The summed E-state index contributed by atoms with van der Waals surface area (Å²) >= 11 is 7.47. The number of ether oxygens (including phenoxy) is 2. The van der Waals surface area contributed by atoms with Gasteiger partial charge in [-0.2, -0.15) is 4.99 Å². The first kappa shape index (κ1) is 22.9. The van der Waals surface area contributed by atoms with Crippen LogP contribution in [0.2, 0.25) is 5.02 Å². The first-order valence-electron chi connectivity index (χ1n) is 9.93. The van der Waals surface area contributed by atoms with Crippen LogP contribution < -0.4 is 4.80 Å². The van der Waals surface area contributed by atoms with Crippen LogP contribution in [-0.4, -0.2) is 36.3 Å². The molecule has 0 bridgehead atoms. The molecule has 31 heavy (non-hydrogen) atoms. The Morgan fingerprint density at radius 3 is 2.71 bits per heavy atom. The standard InChI is InChI=1S/C23H23ClN2O4S/c1-3-29-14-13-26-19-11-9-17(22(28)30-4-2)15-20(19)31-23(26)25-21(27)12-10-16-7-5-6-8-18(16)24/h5-12,15H,3-4,13-14H2,1-2H3. The Hall–Kier alpha value is -2.74. The van der Waals surface area contributed by atoms with Gasteiger partial charge in [-0.05, 0) is 49.8 Å². The molecule has 6 nitrogen and oxygen atoms in total. The quantitative estimate of drug-likeness (QED) is 0.278. The van der Waals surface area contributed by atoms with Gasteiger partial charge in [-0.3, -0.25) is 4.79 Å². The highest BCUT2D eigenvalue weighted by Gasteiger charge is 2.12. The van der Waals surface area contributed by atoms with Crippen LogP contribution in [0.5, 0.6) is 0 Å². The van der Waals surface area contributed by atoms with E-state index in [1.165, 1.54) is 17.4 Å². The van der Waals surface area contributed by atoms with Gasteiger partial charge in [0.25, 0.3) is 5.91 Å². The molecule has 8 heteroatoms. The molecule has 0 aliphatic carbocycles. The maximum Gasteiger partial charge on any atom is 0.338 e. The largest absolute Gasteiger partial charge is 0.462 e. The Morgan fingerprint density at radius 1 is 1.16 bits per heavy atom. The number of hydrogen-bond donors (Lipinski definition) is 0. The summed E-state index contributed by atoms with van der Waals surface area (Å²) in [5.74, 6) is -0.779. The summed E-state index contributed by atoms with van der Waals surface area (Å²) in [5, 5.41) is 0.562. The molecule has 0 atom stereocenters. The minimum atomic E-state index is -0.401. The number of nitrogens with zero attached hydrogens (tertiary/aromatic N) is 2. The predicted octanol–water partition coefficient (Wildman–Crippen LogP) is 4.71. The molecule has 0 fully saturated rings. The maximum atomic E-state index is 12.5. The van der Waals surface area contributed by atoms with E-state index in [-0.39, 0.29) is 5.97 Å². The molecular weight excluding hydrogens is 436 g/mol. The smallest absolute Gasteiger partial charge is 0.338 e. The molecule has 1 aromatic heterocycles. The van der Waals surface area contributed by atoms with Crippen LogP contribution in [0.3, 0.4) is 0 Å². The van der Waals surface area contributed by atoms with Crippen molar-refractivity contribution in [3.05, 3.63) is 69.5 Å². The van der Waals surface area contributed by atoms with Gasteiger partial charge < -0.3 is 14.0 Å². The Kier molecular flexibility index (Phi) is 8.17. The van der Waals surface area contributed by atoms with Gasteiger partial charge in [-0.1, -0.05) is 41.1 Å². The highest BCUT2D eigenvalue weighted by molar-refractivity contribution is 7.16. The van der Waals surface area contributed by atoms with E-state index in [4.69, 9.17) is 21.1 Å². The van der Waals surface area contributed by atoms with Gasteiger partial charge in [0.1, 0.15) is 0 Å². The molecule has 0 saturated heterocycles. The van der Waals surface area contributed by atoms with Crippen molar-refractivity contribution >= 4 is 51.1 Å². The second kappa shape index (κ2) is 11.0. The Balaban J connectivity index is 1.97. The predicted molar refractivity (Wildman–Crippen MR) is 123 cm³/mol. The van der Waals surface area contributed by atoms with Crippen molar-refractivity contribution in [2.45, 2.75) is 20.4 Å². The normalized spacial score (nSPS) is 12.0. The molecule has 3 aromatic rings. The van der Waals surface area contributed by atoms with Gasteiger partial charge in [0.15, 0.2) is 4.80 Å². The first-order chi connectivity index (χ1) is 15.0. The first-order valence-corrected chi connectivity index (χ1v) is 11.1. The molecule has 0 aliphatic rings. The monoisotopic (exact) mass is 458 g/mol. The fourth-order valence-electron chi connectivity index (χ4n) is 2.92. The lowest BCUT2D eigenvalue weighted by molar-refractivity contribution is -0.113. The van der Waals surface area contributed by atoms with Gasteiger partial charge in [0, 0.05) is 24.3 Å². The van der Waals surface area contributed by atoms with Crippen molar-refractivity contribution in [1.82, 2.24) is 4.57 Å². The summed E-state index contributed by atoms with van der Waals surface area (Å²) in [7, 11) is 0. The number of rotatable bonds is 8. The van der Waals surface area contributed by atoms with Crippen LogP contribution in [-0.2, 0) is 20.8 Å². The molecule has 0 unspecified atom stereocenters. The topological polar surface area (TPSA) is 69.9 Å². The van der Waals surface area contributed by atoms with E-state index in [2.05, 4.69) is 4.99 Å². The Morgan fingerprint density at radius 2 is 1.97 bits per heavy atom. The van der Waals surface area contributed by atoms with Crippen molar-refractivity contribution in [2.24, 2.45) is 4.99 Å². The number of thiazole rings is 1. The fourth-order valence-corrected chi connectivity index (χ4v) is 4.22. The zero-order valence-corrected chi connectivity index (χ0v) is 18.9. The van der Waals surface area contributed by atoms with E-state index in [1.807, 2.05) is 35.8 Å². The lowest BCUT2D eigenvalue weighted by Crippen LogP contribution is -2.19. The molecule has 0 radical (unpaired) electrons. The number of aromatic nitrogens is 1. The van der Waals surface area contributed by atoms with Crippen molar-refractivity contribution in [3.63, 3.8) is 0 Å². The highest BCUT2D eigenvalue weighted by atomic mass is 35.5. The zero-order valence-electron chi connectivity index (χ0n) is 17.3. The Bertz CT molecular complexity index is 1180. The summed E-state index contributed by atoms with van der Waals surface area (Å²) < 4.78 is 13.3. The molecule has 1 heterocycles. The second-order valence-electron chi connectivity index (χ2n) is 6.44. The average molecular weight is 459 g/mol. The van der Waals surface area contributed by atoms with Crippen LogP contribution >= 0.6 is 22.9 Å². The second-order valence-corrected chi connectivity index (χ2v) is 7.86. The minimum Gasteiger partial charge on any atom is -0.462 e. The average Bonchev–Trinajstić information content (AvgIpc) is 3.09. The SMILES string of the molecule is CCOCCn1c(=NC(=O)C=Cc2ccccc2Cl)sc2cc(C(=O)OCC)ccc21. The highest BCUT2D eigenvalue weighted by Crippen LogP contribution is 2.20. The van der Waals surface area contributed by atoms with Crippen molar-refractivity contribution < 1.29 is 19.1 Å². The number of benzene rings is 2. The lowest BCUT2D eigenvalue weighted by Gasteiger charge is -2.06. The van der Waals surface area contributed by atoms with Crippen LogP contribution in [0.4, 0.5) is 0 Å². The minimum absolute atomic E-state index is 0.308. The molecule has 0 saturated carbocycles. The van der Waals surface area contributed by atoms with E-state index in [1.54, 1.807) is 31.2 Å². The number of carbonyl (C=O) groups is 2. The lowest BCUT2D eigenvalue weighted by atomic mass is 10.2. The van der Waals surface area contributed by atoms with Crippen LogP contribution in [0.25, 0.3) is 16.3 Å². The molecule has 0 aliphatic heterocycles. The Labute approximate surface area is 189 Å². The summed E-state index contributed by atoms with van der Waals surface area (Å²) in [6.07, 6.45) is 3.04. The van der Waals surface area contributed by atoms with Crippen LogP contribution in [0.15, 0.2) is 53.5 Å². The summed E-state index contributed by atoms with van der Waals surface area (Å²) in [6.45, 7) is 5.62. The van der Waals surface area contributed by atoms with E-state index in [0.29, 0.717) is 41.8 Å². The van der Waals surface area contributed by atoms with E-state index < -0.39 is 5.91 Å². The molecule has 2 aromatic carbocycles. The van der Waals surface area contributed by atoms with Gasteiger partial charge >= 0.3 is 5.97 Å². The van der Waals surface area contributed by atoms with Crippen LogP contribution in [0, 0.1) is 0 Å². The molecular formula is C23H23ClN2O4S. The number of hydrogen-bond acceptors (Lipinski definition) is 5. The van der Waals surface area contributed by atoms with Crippen molar-refractivity contribution in [2.75, 3.05) is 19.8 Å². The molecule has 162 valence electrons. The van der Waals surface area contributed by atoms with Gasteiger partial charge in [-0.15, -0.1) is 0 Å². The molecule has 0 N–H and O–H groups in total. The van der Waals surface area contributed by atoms with Gasteiger partial charge in [-0.25, -0.2) is 4.79 Å².